The van der Waals surface area contributed by atoms with Crippen LogP contribution in [-0.2, 0) is 20.8 Å². The van der Waals surface area contributed by atoms with E-state index in [-0.39, 0.29) is 10.6 Å². The van der Waals surface area contributed by atoms with Crippen molar-refractivity contribution in [2.75, 3.05) is 31.3 Å². The highest BCUT2D eigenvalue weighted by atomic mass is 32.2. The summed E-state index contributed by atoms with van der Waals surface area (Å²) in [5, 5.41) is 2.73. The Bertz CT molecular complexity index is 1050. The number of nitrogens with zero attached hydrogens (tertiary/aromatic N) is 1. The van der Waals surface area contributed by atoms with E-state index < -0.39 is 26.7 Å². The van der Waals surface area contributed by atoms with Gasteiger partial charge in [-0.05, 0) is 43.2 Å². The van der Waals surface area contributed by atoms with Crippen molar-refractivity contribution in [3.8, 4) is 5.75 Å². The van der Waals surface area contributed by atoms with Crippen molar-refractivity contribution in [3.05, 3.63) is 48.0 Å². The molecule has 3 rings (SSSR count). The molecule has 2 aromatic rings. The molecule has 0 saturated carbocycles. The third-order valence-electron chi connectivity index (χ3n) is 4.99. The van der Waals surface area contributed by atoms with E-state index in [4.69, 9.17) is 4.74 Å². The monoisotopic (exact) mass is 450 g/mol. The van der Waals surface area contributed by atoms with Crippen LogP contribution in [0.1, 0.15) is 36.5 Å². The Morgan fingerprint density at radius 2 is 1.83 bits per heavy atom. The van der Waals surface area contributed by atoms with Gasteiger partial charge in [0.05, 0.1) is 28.4 Å². The van der Waals surface area contributed by atoms with Crippen LogP contribution in [0.2, 0.25) is 0 Å². The summed E-state index contributed by atoms with van der Waals surface area (Å²) in [6, 6.07) is 11.2. The lowest BCUT2D eigenvalue weighted by molar-refractivity contribution is 0.102. The molecule has 1 atom stereocenters. The molecule has 30 heavy (non-hydrogen) atoms. The number of hydrogen-bond acceptors (Lipinski definition) is 5. The van der Waals surface area contributed by atoms with Crippen LogP contribution in [0.5, 0.6) is 5.75 Å². The summed E-state index contributed by atoms with van der Waals surface area (Å²) in [5.41, 5.74) is 0.627. The second-order valence-corrected chi connectivity index (χ2v) is 10.5. The molecule has 1 unspecified atom stereocenters. The van der Waals surface area contributed by atoms with Gasteiger partial charge in [-0.3, -0.25) is 9.00 Å². The van der Waals surface area contributed by atoms with Crippen molar-refractivity contribution < 1.29 is 22.2 Å². The van der Waals surface area contributed by atoms with Crippen molar-refractivity contribution in [1.29, 1.82) is 0 Å². The number of carbonyl (C=O) groups excluding carboxylic acids is 1. The third kappa shape index (κ3) is 4.74. The fourth-order valence-corrected chi connectivity index (χ4v) is 6.05. The topological polar surface area (TPSA) is 92.8 Å². The minimum absolute atomic E-state index is 0.0233. The van der Waals surface area contributed by atoms with Crippen LogP contribution in [-0.4, -0.2) is 48.8 Å². The van der Waals surface area contributed by atoms with Gasteiger partial charge in [-0.15, -0.1) is 0 Å². The van der Waals surface area contributed by atoms with Gasteiger partial charge < -0.3 is 10.1 Å². The quantitative estimate of drug-likeness (QED) is 0.699. The molecule has 1 saturated heterocycles. The molecular weight excluding hydrogens is 424 g/mol. The van der Waals surface area contributed by atoms with E-state index in [0.29, 0.717) is 35.0 Å². The highest BCUT2D eigenvalue weighted by molar-refractivity contribution is 7.89. The Hall–Kier alpha value is -2.23. The number of benzene rings is 2. The standard InChI is InChI=1S/C21H26N2O5S2/c1-3-29(25)19-10-6-5-9-17(19)21(24)22-16-11-12-18(28-2)20(15-16)30(26,27)23-13-7-4-8-14-23/h5-6,9-12,15H,3-4,7-8,13-14H2,1-2H3,(H,22,24). The summed E-state index contributed by atoms with van der Waals surface area (Å²) in [7, 11) is -3.62. The SMILES string of the molecule is CCS(=O)c1ccccc1C(=O)Nc1ccc(OC)c(S(=O)(=O)N2CCCCC2)c1. The van der Waals surface area contributed by atoms with Crippen molar-refractivity contribution >= 4 is 32.4 Å². The molecule has 1 aliphatic rings. The summed E-state index contributed by atoms with van der Waals surface area (Å²) in [4.78, 5) is 13.3. The maximum Gasteiger partial charge on any atom is 0.256 e. The molecule has 162 valence electrons. The first-order valence-corrected chi connectivity index (χ1v) is 12.6. The summed E-state index contributed by atoms with van der Waals surface area (Å²) < 4.78 is 45.3. The molecule has 0 aliphatic carbocycles. The number of rotatable bonds is 7. The molecule has 1 heterocycles. The highest BCUT2D eigenvalue weighted by Crippen LogP contribution is 2.31. The van der Waals surface area contributed by atoms with Crippen LogP contribution in [0.15, 0.2) is 52.3 Å². The summed E-state index contributed by atoms with van der Waals surface area (Å²) in [6.45, 7) is 2.72. The minimum atomic E-state index is -3.74. The van der Waals surface area contributed by atoms with E-state index in [0.717, 1.165) is 19.3 Å². The third-order valence-corrected chi connectivity index (χ3v) is 8.28. The van der Waals surface area contributed by atoms with Gasteiger partial charge in [0, 0.05) is 24.5 Å². The number of sulfonamides is 1. The van der Waals surface area contributed by atoms with E-state index in [1.807, 2.05) is 0 Å². The Labute approximate surface area is 179 Å². The minimum Gasteiger partial charge on any atom is -0.495 e. The summed E-state index contributed by atoms with van der Waals surface area (Å²) in [5.74, 6) is 0.176. The van der Waals surface area contributed by atoms with Crippen molar-refractivity contribution in [1.82, 2.24) is 4.31 Å². The molecule has 9 heteroatoms. The average molecular weight is 451 g/mol. The predicted octanol–water partition coefficient (Wildman–Crippen LogP) is 3.25. The smallest absolute Gasteiger partial charge is 0.256 e. The molecule has 1 N–H and O–H groups in total. The average Bonchev–Trinajstić information content (AvgIpc) is 2.79. The lowest BCUT2D eigenvalue weighted by Crippen LogP contribution is -2.35. The van der Waals surface area contributed by atoms with Crippen molar-refractivity contribution in [3.63, 3.8) is 0 Å². The lowest BCUT2D eigenvalue weighted by atomic mass is 10.2. The summed E-state index contributed by atoms with van der Waals surface area (Å²) in [6.07, 6.45) is 2.66. The Morgan fingerprint density at radius 3 is 2.50 bits per heavy atom. The normalized spacial score (nSPS) is 16.1. The zero-order valence-corrected chi connectivity index (χ0v) is 18.7. The van der Waals surface area contributed by atoms with Gasteiger partial charge in [0.15, 0.2) is 0 Å². The van der Waals surface area contributed by atoms with Crippen molar-refractivity contribution in [2.45, 2.75) is 36.0 Å². The summed E-state index contributed by atoms with van der Waals surface area (Å²) >= 11 is 0. The van der Waals surface area contributed by atoms with Crippen LogP contribution in [0.3, 0.4) is 0 Å². The fourth-order valence-electron chi connectivity index (χ4n) is 3.41. The van der Waals surface area contributed by atoms with Crippen LogP contribution in [0, 0.1) is 0 Å². The maximum absolute atomic E-state index is 13.2. The van der Waals surface area contributed by atoms with Crippen LogP contribution < -0.4 is 10.1 Å². The predicted molar refractivity (Wildman–Crippen MR) is 117 cm³/mol. The fraction of sp³-hybridized carbons (Fsp3) is 0.381. The van der Waals surface area contributed by atoms with Gasteiger partial charge in [-0.2, -0.15) is 4.31 Å². The maximum atomic E-state index is 13.2. The molecule has 2 aromatic carbocycles. The second-order valence-electron chi connectivity index (χ2n) is 6.91. The first-order chi connectivity index (χ1) is 14.4. The van der Waals surface area contributed by atoms with Gasteiger partial charge >= 0.3 is 0 Å². The number of nitrogens with one attached hydrogen (secondary N) is 1. The molecule has 1 fully saturated rings. The number of anilines is 1. The number of piperidine rings is 1. The number of methoxy groups -OCH3 is 1. The number of ether oxygens (including phenoxy) is 1. The molecule has 0 aromatic heterocycles. The first kappa shape index (κ1) is 22.5. The van der Waals surface area contributed by atoms with Gasteiger partial charge in [0.25, 0.3) is 5.91 Å². The lowest BCUT2D eigenvalue weighted by Gasteiger charge is -2.26. The van der Waals surface area contributed by atoms with Gasteiger partial charge in [-0.25, -0.2) is 8.42 Å². The molecule has 0 spiro atoms. The van der Waals surface area contributed by atoms with E-state index >= 15 is 0 Å². The molecule has 7 nitrogen and oxygen atoms in total. The second kappa shape index (κ2) is 9.72. The van der Waals surface area contributed by atoms with E-state index in [9.17, 15) is 17.4 Å². The number of carbonyl (C=O) groups is 1. The first-order valence-electron chi connectivity index (χ1n) is 9.85. The molecule has 1 amide bonds. The molecular formula is C21H26N2O5S2. The zero-order valence-electron chi connectivity index (χ0n) is 17.1. The van der Waals surface area contributed by atoms with Crippen molar-refractivity contribution in [2.24, 2.45) is 0 Å². The van der Waals surface area contributed by atoms with Gasteiger partial charge in [0.1, 0.15) is 10.6 Å². The molecule has 0 bridgehead atoms. The number of amides is 1. The van der Waals surface area contributed by atoms with Crippen LogP contribution in [0.4, 0.5) is 5.69 Å². The Morgan fingerprint density at radius 1 is 1.13 bits per heavy atom. The van der Waals surface area contributed by atoms with E-state index in [2.05, 4.69) is 5.32 Å². The van der Waals surface area contributed by atoms with Gasteiger partial charge in [0.2, 0.25) is 10.0 Å². The van der Waals surface area contributed by atoms with Crippen LogP contribution >= 0.6 is 0 Å². The zero-order chi connectivity index (χ0) is 21.7. The molecule has 0 radical (unpaired) electrons. The van der Waals surface area contributed by atoms with E-state index in [1.165, 1.54) is 23.5 Å². The molecule has 1 aliphatic heterocycles. The Balaban J connectivity index is 1.92. The highest BCUT2D eigenvalue weighted by Gasteiger charge is 2.29. The Kier molecular flexibility index (Phi) is 7.27. The van der Waals surface area contributed by atoms with Crippen LogP contribution in [0.25, 0.3) is 0 Å². The largest absolute Gasteiger partial charge is 0.495 e. The van der Waals surface area contributed by atoms with Gasteiger partial charge in [-0.1, -0.05) is 25.5 Å². The number of hydrogen-bond donors (Lipinski definition) is 1. The van der Waals surface area contributed by atoms with E-state index in [1.54, 1.807) is 37.3 Å².